The summed E-state index contributed by atoms with van der Waals surface area (Å²) < 4.78 is 5.69. The summed E-state index contributed by atoms with van der Waals surface area (Å²) in [7, 11) is 0. The van der Waals surface area contributed by atoms with E-state index < -0.39 is 40.6 Å². The van der Waals surface area contributed by atoms with E-state index in [2.05, 4.69) is 10.3 Å². The molecule has 1 aliphatic rings. The molecule has 188 valence electrons. The largest absolute Gasteiger partial charge is 0.487 e. The Bertz CT molecular complexity index is 1100. The fourth-order valence-corrected chi connectivity index (χ4v) is 4.97. The molecule has 1 aromatic heterocycles. The first-order valence-corrected chi connectivity index (χ1v) is 11.9. The highest BCUT2D eigenvalue weighted by Gasteiger charge is 2.58. The molecule has 1 saturated carbocycles. The van der Waals surface area contributed by atoms with Crippen LogP contribution in [0.2, 0.25) is 10.0 Å². The molecule has 10 heteroatoms. The predicted molar refractivity (Wildman–Crippen MR) is 131 cm³/mol. The van der Waals surface area contributed by atoms with E-state index in [1.165, 1.54) is 6.20 Å². The molecule has 1 heterocycles. The maximum Gasteiger partial charge on any atom is 0.326 e. The third-order valence-electron chi connectivity index (χ3n) is 7.29. The quantitative estimate of drug-likeness (QED) is 0.438. The molecule has 0 saturated heterocycles. The average Bonchev–Trinajstić information content (AvgIpc) is 3.03. The number of hydrogen-bond donors (Lipinski definition) is 3. The number of halogens is 2. The SMILES string of the molecule is CC1(C(=O)O)CCC(C(=O)NC(Cc2ccc(OCc3c(Cl)cccc3Cl)cn2)C(=O)O)C1(C)C. The lowest BCUT2D eigenvalue weighted by Gasteiger charge is -2.38. The molecule has 3 N–H and O–H groups in total. The molecular weight excluding hydrogens is 495 g/mol. The first kappa shape index (κ1) is 26.8. The van der Waals surface area contributed by atoms with Crippen molar-refractivity contribution in [2.45, 2.75) is 52.7 Å². The van der Waals surface area contributed by atoms with Crippen LogP contribution in [0.15, 0.2) is 36.5 Å². The van der Waals surface area contributed by atoms with E-state index in [1.54, 1.807) is 51.1 Å². The summed E-state index contributed by atoms with van der Waals surface area (Å²) >= 11 is 12.3. The van der Waals surface area contributed by atoms with Gasteiger partial charge in [-0.15, -0.1) is 0 Å². The van der Waals surface area contributed by atoms with Crippen LogP contribution in [0.4, 0.5) is 0 Å². The van der Waals surface area contributed by atoms with E-state index >= 15 is 0 Å². The van der Waals surface area contributed by atoms with Crippen molar-refractivity contribution in [3.8, 4) is 5.75 Å². The molecule has 1 aromatic carbocycles. The zero-order valence-electron chi connectivity index (χ0n) is 19.7. The zero-order valence-corrected chi connectivity index (χ0v) is 21.2. The van der Waals surface area contributed by atoms with Gasteiger partial charge in [-0.25, -0.2) is 4.79 Å². The Morgan fingerprint density at radius 1 is 1.14 bits per heavy atom. The van der Waals surface area contributed by atoms with Crippen molar-refractivity contribution < 1.29 is 29.3 Å². The number of pyridine rings is 1. The molecule has 0 aliphatic heterocycles. The molecule has 0 bridgehead atoms. The summed E-state index contributed by atoms with van der Waals surface area (Å²) in [6.45, 7) is 5.25. The van der Waals surface area contributed by atoms with Gasteiger partial charge in [0.15, 0.2) is 0 Å². The van der Waals surface area contributed by atoms with Crippen LogP contribution in [0.25, 0.3) is 0 Å². The molecule has 1 amide bonds. The van der Waals surface area contributed by atoms with E-state index in [4.69, 9.17) is 27.9 Å². The molecule has 8 nitrogen and oxygen atoms in total. The molecule has 3 rings (SSSR count). The first-order chi connectivity index (χ1) is 16.4. The minimum Gasteiger partial charge on any atom is -0.487 e. The Hall–Kier alpha value is -2.84. The number of rotatable bonds is 9. The second kappa shape index (κ2) is 10.4. The van der Waals surface area contributed by atoms with Gasteiger partial charge in [0.1, 0.15) is 18.4 Å². The number of carbonyl (C=O) groups is 3. The van der Waals surface area contributed by atoms with Crippen molar-refractivity contribution >= 4 is 41.0 Å². The van der Waals surface area contributed by atoms with E-state index in [0.29, 0.717) is 39.9 Å². The van der Waals surface area contributed by atoms with Crippen LogP contribution in [0.1, 0.15) is 44.9 Å². The number of aromatic nitrogens is 1. The number of carbonyl (C=O) groups excluding carboxylic acids is 1. The van der Waals surface area contributed by atoms with Crippen LogP contribution in [0.5, 0.6) is 5.75 Å². The van der Waals surface area contributed by atoms with Gasteiger partial charge in [-0.3, -0.25) is 14.6 Å². The maximum absolute atomic E-state index is 13.0. The maximum atomic E-state index is 13.0. The normalized spacial score (nSPS) is 21.8. The third-order valence-corrected chi connectivity index (χ3v) is 7.99. The lowest BCUT2D eigenvalue weighted by molar-refractivity contribution is -0.155. The molecule has 1 fully saturated rings. The minimum absolute atomic E-state index is 0.0406. The molecule has 3 unspecified atom stereocenters. The van der Waals surface area contributed by atoms with E-state index in [9.17, 15) is 24.6 Å². The fraction of sp³-hybridized carbons (Fsp3) is 0.440. The number of nitrogens with zero attached hydrogens (tertiary/aromatic N) is 1. The summed E-state index contributed by atoms with van der Waals surface area (Å²) in [4.78, 5) is 40.9. The van der Waals surface area contributed by atoms with Crippen molar-refractivity contribution in [1.29, 1.82) is 0 Å². The Morgan fingerprint density at radius 3 is 2.31 bits per heavy atom. The van der Waals surface area contributed by atoms with E-state index in [1.807, 2.05) is 0 Å². The molecule has 3 atom stereocenters. The summed E-state index contributed by atoms with van der Waals surface area (Å²) in [5.41, 5.74) is -0.822. The summed E-state index contributed by atoms with van der Waals surface area (Å²) in [6, 6.07) is 7.21. The van der Waals surface area contributed by atoms with Gasteiger partial charge in [0.2, 0.25) is 5.91 Å². The Labute approximate surface area is 213 Å². The van der Waals surface area contributed by atoms with Gasteiger partial charge in [0.05, 0.1) is 11.6 Å². The number of carboxylic acids is 2. The lowest BCUT2D eigenvalue weighted by atomic mass is 9.65. The van der Waals surface area contributed by atoms with Crippen LogP contribution in [-0.2, 0) is 27.4 Å². The molecule has 35 heavy (non-hydrogen) atoms. The second-order valence-corrected chi connectivity index (χ2v) is 10.3. The highest BCUT2D eigenvalue weighted by molar-refractivity contribution is 6.35. The number of amides is 1. The number of hydrogen-bond acceptors (Lipinski definition) is 5. The molecule has 0 radical (unpaired) electrons. The average molecular weight is 523 g/mol. The topological polar surface area (TPSA) is 126 Å². The lowest BCUT2D eigenvalue weighted by Crippen LogP contribution is -2.49. The number of nitrogens with one attached hydrogen (secondary N) is 1. The van der Waals surface area contributed by atoms with Crippen LogP contribution < -0.4 is 10.1 Å². The van der Waals surface area contributed by atoms with Crippen molar-refractivity contribution in [2.75, 3.05) is 0 Å². The fourth-order valence-electron chi connectivity index (χ4n) is 4.47. The predicted octanol–water partition coefficient (Wildman–Crippen LogP) is 4.61. The van der Waals surface area contributed by atoms with Gasteiger partial charge in [-0.1, -0.05) is 43.1 Å². The van der Waals surface area contributed by atoms with E-state index in [-0.39, 0.29) is 13.0 Å². The molecule has 0 spiro atoms. The number of aliphatic carboxylic acids is 2. The van der Waals surface area contributed by atoms with Gasteiger partial charge in [-0.05, 0) is 49.4 Å². The Morgan fingerprint density at radius 2 is 1.80 bits per heavy atom. The van der Waals surface area contributed by atoms with Crippen LogP contribution in [0, 0.1) is 16.7 Å². The van der Waals surface area contributed by atoms with Crippen molar-refractivity contribution in [3.63, 3.8) is 0 Å². The monoisotopic (exact) mass is 522 g/mol. The Kier molecular flexibility index (Phi) is 7.97. The van der Waals surface area contributed by atoms with E-state index in [0.717, 1.165) is 0 Å². The van der Waals surface area contributed by atoms with Crippen LogP contribution in [-0.4, -0.2) is 39.1 Å². The zero-order chi connectivity index (χ0) is 26.0. The molecular formula is C25H28Cl2N2O6. The third kappa shape index (κ3) is 5.54. The number of carboxylic acid groups (broad SMARTS) is 2. The summed E-state index contributed by atoms with van der Waals surface area (Å²) in [6.07, 6.45) is 2.13. The van der Waals surface area contributed by atoms with Gasteiger partial charge in [0.25, 0.3) is 0 Å². The van der Waals surface area contributed by atoms with Crippen LogP contribution >= 0.6 is 23.2 Å². The molecule has 2 aromatic rings. The number of ether oxygens (including phenoxy) is 1. The smallest absolute Gasteiger partial charge is 0.326 e. The van der Waals surface area contributed by atoms with Crippen molar-refractivity contribution in [2.24, 2.45) is 16.7 Å². The summed E-state index contributed by atoms with van der Waals surface area (Å²) in [5.74, 6) is -2.81. The van der Waals surface area contributed by atoms with Gasteiger partial charge >= 0.3 is 11.9 Å². The van der Waals surface area contributed by atoms with Gasteiger partial charge in [0, 0.05) is 33.6 Å². The van der Waals surface area contributed by atoms with Crippen molar-refractivity contribution in [3.05, 3.63) is 57.8 Å². The highest BCUT2D eigenvalue weighted by Crippen LogP contribution is 2.56. The van der Waals surface area contributed by atoms with Crippen LogP contribution in [0.3, 0.4) is 0 Å². The molecule has 1 aliphatic carbocycles. The number of benzene rings is 1. The second-order valence-electron chi connectivity index (χ2n) is 9.53. The Balaban J connectivity index is 1.64. The first-order valence-electron chi connectivity index (χ1n) is 11.1. The minimum atomic E-state index is -1.21. The van der Waals surface area contributed by atoms with Gasteiger partial charge in [-0.2, -0.15) is 0 Å². The van der Waals surface area contributed by atoms with Gasteiger partial charge < -0.3 is 20.3 Å². The standard InChI is InChI=1S/C25H28Cl2N2O6/c1-24(2)17(9-10-25(24,3)23(33)34)21(30)29-20(22(31)32)11-14-7-8-15(12-28-14)35-13-16-18(26)5-4-6-19(16)27/h4-8,12,17,20H,9-11,13H2,1-3H3,(H,29,30)(H,31,32)(H,33,34). The highest BCUT2D eigenvalue weighted by atomic mass is 35.5. The van der Waals surface area contributed by atoms with Crippen molar-refractivity contribution in [1.82, 2.24) is 10.3 Å². The summed E-state index contributed by atoms with van der Waals surface area (Å²) in [5, 5.41) is 22.9.